The Morgan fingerprint density at radius 3 is 2.30 bits per heavy atom. The van der Waals surface area contributed by atoms with Crippen LogP contribution in [0.25, 0.3) is 6.08 Å². The summed E-state index contributed by atoms with van der Waals surface area (Å²) in [5.74, 6) is 1.33. The lowest BCUT2D eigenvalue weighted by molar-refractivity contribution is -0.122. The van der Waals surface area contributed by atoms with Crippen molar-refractivity contribution in [1.29, 1.82) is 0 Å². The first-order chi connectivity index (χ1) is 14.2. The van der Waals surface area contributed by atoms with Gasteiger partial charge in [-0.2, -0.15) is 0 Å². The number of ether oxygens (including phenoxy) is 2. The van der Waals surface area contributed by atoms with E-state index in [0.29, 0.717) is 33.7 Å². The zero-order valence-corrected chi connectivity index (χ0v) is 19.7. The van der Waals surface area contributed by atoms with Crippen molar-refractivity contribution in [1.82, 2.24) is 4.90 Å². The lowest BCUT2D eigenvalue weighted by Crippen LogP contribution is -2.30. The van der Waals surface area contributed by atoms with Gasteiger partial charge in [-0.3, -0.25) is 9.69 Å². The maximum absolute atomic E-state index is 12.9. The molecule has 1 saturated heterocycles. The van der Waals surface area contributed by atoms with Crippen molar-refractivity contribution in [3.05, 3.63) is 64.1 Å². The van der Waals surface area contributed by atoms with Gasteiger partial charge in [-0.15, -0.1) is 0 Å². The van der Waals surface area contributed by atoms with Gasteiger partial charge < -0.3 is 9.47 Å². The third kappa shape index (κ3) is 5.05. The Kier molecular flexibility index (Phi) is 6.88. The van der Waals surface area contributed by atoms with Gasteiger partial charge in [0.05, 0.1) is 19.1 Å². The van der Waals surface area contributed by atoms with Crippen LogP contribution in [0.3, 0.4) is 0 Å². The summed E-state index contributed by atoms with van der Waals surface area (Å²) in [6.45, 7) is 7.09. The summed E-state index contributed by atoms with van der Waals surface area (Å²) in [4.78, 5) is 15.2. The summed E-state index contributed by atoms with van der Waals surface area (Å²) in [6, 6.07) is 14.1. The van der Waals surface area contributed by atoms with Gasteiger partial charge in [-0.05, 0) is 46.7 Å². The lowest BCUT2D eigenvalue weighted by atomic mass is 9.87. The predicted octanol–water partition coefficient (Wildman–Crippen LogP) is 5.45. The van der Waals surface area contributed by atoms with Gasteiger partial charge in [0.15, 0.2) is 11.5 Å². The summed E-state index contributed by atoms with van der Waals surface area (Å²) in [7, 11) is 3.23. The van der Waals surface area contributed by atoms with E-state index in [2.05, 4.69) is 45.0 Å². The van der Waals surface area contributed by atoms with E-state index >= 15 is 0 Å². The van der Waals surface area contributed by atoms with Crippen molar-refractivity contribution < 1.29 is 14.3 Å². The Bertz CT molecular complexity index is 975. The van der Waals surface area contributed by atoms with Gasteiger partial charge in [0.25, 0.3) is 5.91 Å². The fourth-order valence-corrected chi connectivity index (χ4v) is 4.51. The topological polar surface area (TPSA) is 38.8 Å². The number of benzene rings is 2. The van der Waals surface area contributed by atoms with Gasteiger partial charge in [0, 0.05) is 6.54 Å². The maximum atomic E-state index is 12.9. The number of thiocarbonyl (C=S) groups is 1. The second-order valence-electron chi connectivity index (χ2n) is 8.14. The van der Waals surface area contributed by atoms with E-state index in [9.17, 15) is 4.79 Å². The summed E-state index contributed by atoms with van der Waals surface area (Å²) >= 11 is 6.83. The fraction of sp³-hybridized carbons (Fsp3) is 0.333. The van der Waals surface area contributed by atoms with Crippen molar-refractivity contribution >= 4 is 40.3 Å². The zero-order valence-electron chi connectivity index (χ0n) is 18.0. The highest BCUT2D eigenvalue weighted by Gasteiger charge is 2.31. The van der Waals surface area contributed by atoms with E-state index in [1.54, 1.807) is 19.1 Å². The lowest BCUT2D eigenvalue weighted by Gasteiger charge is -2.18. The Morgan fingerprint density at radius 1 is 1.03 bits per heavy atom. The number of amides is 1. The Hall–Kier alpha value is -2.31. The SMILES string of the molecule is COc1ccc(CCN2C(=O)/C(=C/c3ccc(C(C)(C)C)cc3)SC2=S)cc1OC. The van der Waals surface area contributed by atoms with Crippen LogP contribution in [-0.4, -0.2) is 35.9 Å². The molecule has 0 bridgehead atoms. The molecule has 0 saturated carbocycles. The highest BCUT2D eigenvalue weighted by atomic mass is 32.2. The molecule has 0 radical (unpaired) electrons. The minimum absolute atomic E-state index is 0.0367. The van der Waals surface area contributed by atoms with Gasteiger partial charge in [0.1, 0.15) is 4.32 Å². The first-order valence-corrected chi connectivity index (χ1v) is 11.0. The summed E-state index contributed by atoms with van der Waals surface area (Å²) < 4.78 is 11.2. The summed E-state index contributed by atoms with van der Waals surface area (Å²) in [5.41, 5.74) is 3.43. The van der Waals surface area contributed by atoms with E-state index in [1.165, 1.54) is 17.3 Å². The van der Waals surface area contributed by atoms with Crippen LogP contribution in [0.2, 0.25) is 0 Å². The van der Waals surface area contributed by atoms with E-state index < -0.39 is 0 Å². The van der Waals surface area contributed by atoms with Crippen LogP contribution >= 0.6 is 24.0 Å². The zero-order chi connectivity index (χ0) is 21.9. The van der Waals surface area contributed by atoms with Crippen LogP contribution in [0.5, 0.6) is 11.5 Å². The third-order valence-electron chi connectivity index (χ3n) is 5.02. The van der Waals surface area contributed by atoms with E-state index in [-0.39, 0.29) is 11.3 Å². The Labute approximate surface area is 188 Å². The molecule has 30 heavy (non-hydrogen) atoms. The fourth-order valence-electron chi connectivity index (χ4n) is 3.20. The Morgan fingerprint density at radius 2 is 1.70 bits per heavy atom. The van der Waals surface area contributed by atoms with Crippen molar-refractivity contribution in [2.45, 2.75) is 32.6 Å². The van der Waals surface area contributed by atoms with E-state index in [4.69, 9.17) is 21.7 Å². The van der Waals surface area contributed by atoms with Gasteiger partial charge in [-0.1, -0.05) is 75.1 Å². The number of rotatable bonds is 6. The second-order valence-corrected chi connectivity index (χ2v) is 9.82. The molecule has 1 aliphatic heterocycles. The second kappa shape index (κ2) is 9.23. The number of hydrogen-bond acceptors (Lipinski definition) is 5. The third-order valence-corrected chi connectivity index (χ3v) is 6.40. The summed E-state index contributed by atoms with van der Waals surface area (Å²) in [5, 5.41) is 0. The molecule has 0 N–H and O–H groups in total. The average Bonchev–Trinajstić information content (AvgIpc) is 2.98. The van der Waals surface area contributed by atoms with Crippen molar-refractivity contribution in [3.8, 4) is 11.5 Å². The molecule has 158 valence electrons. The maximum Gasteiger partial charge on any atom is 0.266 e. The van der Waals surface area contributed by atoms with Crippen LogP contribution in [0.4, 0.5) is 0 Å². The first kappa shape index (κ1) is 22.4. The number of hydrogen-bond donors (Lipinski definition) is 0. The predicted molar refractivity (Wildman–Crippen MR) is 128 cm³/mol. The molecule has 0 spiro atoms. The van der Waals surface area contributed by atoms with Crippen LogP contribution < -0.4 is 9.47 Å². The molecule has 0 aromatic heterocycles. The average molecular weight is 442 g/mol. The number of carbonyl (C=O) groups is 1. The minimum Gasteiger partial charge on any atom is -0.493 e. The van der Waals surface area contributed by atoms with E-state index in [1.807, 2.05) is 24.3 Å². The van der Waals surface area contributed by atoms with Crippen LogP contribution in [0.15, 0.2) is 47.4 Å². The number of thioether (sulfide) groups is 1. The number of methoxy groups -OCH3 is 2. The van der Waals surface area contributed by atoms with E-state index in [0.717, 1.165) is 11.1 Å². The highest BCUT2D eigenvalue weighted by Crippen LogP contribution is 2.34. The van der Waals surface area contributed by atoms with Crippen molar-refractivity contribution in [2.24, 2.45) is 0 Å². The molecular weight excluding hydrogens is 414 g/mol. The smallest absolute Gasteiger partial charge is 0.266 e. The van der Waals surface area contributed by atoms with Gasteiger partial charge in [0.2, 0.25) is 0 Å². The van der Waals surface area contributed by atoms with Crippen LogP contribution in [0.1, 0.15) is 37.5 Å². The monoisotopic (exact) mass is 441 g/mol. The molecule has 1 heterocycles. The van der Waals surface area contributed by atoms with Gasteiger partial charge in [-0.25, -0.2) is 0 Å². The molecule has 2 aromatic carbocycles. The normalized spacial score (nSPS) is 15.8. The molecule has 1 aliphatic rings. The molecule has 6 heteroatoms. The molecule has 0 unspecified atom stereocenters. The van der Waals surface area contributed by atoms with Crippen LogP contribution in [0, 0.1) is 0 Å². The largest absolute Gasteiger partial charge is 0.493 e. The molecular formula is C24H27NO3S2. The Balaban J connectivity index is 1.69. The number of carbonyl (C=O) groups excluding carboxylic acids is 1. The molecule has 3 rings (SSSR count). The molecule has 1 fully saturated rings. The minimum atomic E-state index is -0.0367. The quantitative estimate of drug-likeness (QED) is 0.441. The molecule has 0 aliphatic carbocycles. The van der Waals surface area contributed by atoms with Crippen molar-refractivity contribution in [3.63, 3.8) is 0 Å². The molecule has 2 aromatic rings. The molecule has 1 amide bonds. The van der Waals surface area contributed by atoms with Gasteiger partial charge >= 0.3 is 0 Å². The molecule has 0 atom stereocenters. The highest BCUT2D eigenvalue weighted by molar-refractivity contribution is 8.26. The van der Waals surface area contributed by atoms with Crippen LogP contribution in [-0.2, 0) is 16.6 Å². The standard InChI is InChI=1S/C24H27NO3S2/c1-24(2,3)18-9-6-16(7-10-18)15-21-22(26)25(23(29)30-21)13-12-17-8-11-19(27-4)20(14-17)28-5/h6-11,14-15H,12-13H2,1-5H3/b21-15-. The molecule has 4 nitrogen and oxygen atoms in total. The summed E-state index contributed by atoms with van der Waals surface area (Å²) in [6.07, 6.45) is 2.60. The number of nitrogens with zero attached hydrogens (tertiary/aromatic N) is 1. The first-order valence-electron chi connectivity index (χ1n) is 9.79. The van der Waals surface area contributed by atoms with Crippen molar-refractivity contribution in [2.75, 3.05) is 20.8 Å².